The van der Waals surface area contributed by atoms with Crippen LogP contribution >= 0.6 is 0 Å². The van der Waals surface area contributed by atoms with Crippen molar-refractivity contribution in [1.82, 2.24) is 19.9 Å². The van der Waals surface area contributed by atoms with Crippen LogP contribution in [0.5, 0.6) is 6.01 Å². The number of aromatic nitrogens is 4. The Balaban J connectivity index is 1.96. The molecule has 30 heavy (non-hydrogen) atoms. The largest absolute Gasteiger partial charge is 0.440 e. The summed E-state index contributed by atoms with van der Waals surface area (Å²) in [5.41, 5.74) is 0.635. The van der Waals surface area contributed by atoms with Crippen LogP contribution in [0.1, 0.15) is 25.0 Å². The Hall–Kier alpha value is -2.86. The van der Waals surface area contributed by atoms with E-state index in [2.05, 4.69) is 30.0 Å². The van der Waals surface area contributed by atoms with Gasteiger partial charge in [-0.3, -0.25) is 0 Å². The Morgan fingerprint density at radius 3 is 2.20 bits per heavy atom. The Labute approximate surface area is 167 Å². The number of alkyl halides is 6. The van der Waals surface area contributed by atoms with Crippen LogP contribution in [-0.2, 0) is 0 Å². The summed E-state index contributed by atoms with van der Waals surface area (Å²) in [5, 5.41) is 2.67. The molecule has 0 spiro atoms. The van der Waals surface area contributed by atoms with Gasteiger partial charge >= 0.3 is 18.4 Å². The highest BCUT2D eigenvalue weighted by Crippen LogP contribution is 2.36. The van der Waals surface area contributed by atoms with E-state index in [0.717, 1.165) is 19.3 Å². The molecule has 2 aromatic rings. The molecule has 164 valence electrons. The Morgan fingerprint density at radius 2 is 1.60 bits per heavy atom. The summed E-state index contributed by atoms with van der Waals surface area (Å²) in [7, 11) is 0. The fourth-order valence-electron chi connectivity index (χ4n) is 2.84. The minimum atomic E-state index is -5.69. The highest BCUT2D eigenvalue weighted by molar-refractivity contribution is 5.50. The number of hydrogen-bond acceptors (Lipinski definition) is 7. The molecule has 1 aliphatic rings. The van der Waals surface area contributed by atoms with Crippen molar-refractivity contribution in [2.24, 2.45) is 0 Å². The van der Waals surface area contributed by atoms with Crippen LogP contribution < -0.4 is 15.0 Å². The molecule has 0 unspecified atom stereocenters. The van der Waals surface area contributed by atoms with Gasteiger partial charge in [-0.15, -0.1) is 0 Å². The summed E-state index contributed by atoms with van der Waals surface area (Å²) < 4.78 is 81.6. The maximum Gasteiger partial charge on any atom is 0.434 e. The van der Waals surface area contributed by atoms with E-state index in [9.17, 15) is 26.3 Å². The van der Waals surface area contributed by atoms with Crippen molar-refractivity contribution in [3.8, 4) is 6.01 Å². The highest BCUT2D eigenvalue weighted by Gasteiger charge is 2.59. The van der Waals surface area contributed by atoms with Gasteiger partial charge in [-0.2, -0.15) is 41.3 Å². The number of nitrogens with zero attached hydrogens (tertiary/aromatic N) is 5. The van der Waals surface area contributed by atoms with Gasteiger partial charge in [0, 0.05) is 18.8 Å². The van der Waals surface area contributed by atoms with Gasteiger partial charge in [0.2, 0.25) is 11.9 Å². The zero-order valence-corrected chi connectivity index (χ0v) is 15.8. The standard InChI is InChI=1S/C17H18F6N6O/c1-10-6-5-7-11(24-10)25-13-26-14(29-8-3-2-4-9-29)28-15(27-13)30-12(16(18,19)20)17(21,22)23/h5-7,12H,2-4,8-9H2,1H3,(H,24,25,26,27,28). The quantitative estimate of drug-likeness (QED) is 0.705. The summed E-state index contributed by atoms with van der Waals surface area (Å²) in [5.74, 6) is -0.0836. The van der Waals surface area contributed by atoms with E-state index < -0.39 is 24.5 Å². The van der Waals surface area contributed by atoms with Gasteiger partial charge in [-0.25, -0.2) is 4.98 Å². The van der Waals surface area contributed by atoms with Crippen molar-refractivity contribution in [3.05, 3.63) is 23.9 Å². The van der Waals surface area contributed by atoms with Crippen molar-refractivity contribution in [2.45, 2.75) is 44.6 Å². The predicted octanol–water partition coefficient (Wildman–Crippen LogP) is 4.18. The van der Waals surface area contributed by atoms with Gasteiger partial charge in [0.15, 0.2) is 0 Å². The molecule has 1 N–H and O–H groups in total. The van der Waals surface area contributed by atoms with E-state index in [0.29, 0.717) is 18.8 Å². The number of ether oxygens (including phenoxy) is 1. The molecule has 7 nitrogen and oxygen atoms in total. The minimum Gasteiger partial charge on any atom is -0.440 e. The lowest BCUT2D eigenvalue weighted by molar-refractivity contribution is -0.301. The molecule has 13 heteroatoms. The molecule has 1 fully saturated rings. The predicted molar refractivity (Wildman–Crippen MR) is 94.7 cm³/mol. The fraction of sp³-hybridized carbons (Fsp3) is 0.529. The number of rotatable bonds is 5. The van der Waals surface area contributed by atoms with Crippen LogP contribution in [0.3, 0.4) is 0 Å². The van der Waals surface area contributed by atoms with Crippen molar-refractivity contribution in [2.75, 3.05) is 23.3 Å². The van der Waals surface area contributed by atoms with Crippen molar-refractivity contribution in [1.29, 1.82) is 0 Å². The second-order valence-electron chi connectivity index (χ2n) is 6.66. The van der Waals surface area contributed by atoms with E-state index in [4.69, 9.17) is 0 Å². The third kappa shape index (κ3) is 5.60. The average molecular weight is 436 g/mol. The van der Waals surface area contributed by atoms with E-state index in [-0.39, 0.29) is 17.7 Å². The molecule has 3 rings (SSSR count). The molecule has 0 aliphatic carbocycles. The average Bonchev–Trinajstić information content (AvgIpc) is 2.65. The molecule has 1 saturated heterocycles. The molecule has 0 amide bonds. The highest BCUT2D eigenvalue weighted by atomic mass is 19.4. The molecule has 0 bridgehead atoms. The smallest absolute Gasteiger partial charge is 0.434 e. The van der Waals surface area contributed by atoms with Gasteiger partial charge in [0.05, 0.1) is 0 Å². The normalized spacial score (nSPS) is 15.4. The number of piperidine rings is 1. The van der Waals surface area contributed by atoms with Gasteiger partial charge in [-0.05, 0) is 38.3 Å². The summed E-state index contributed by atoms with van der Waals surface area (Å²) in [6, 6.07) is 3.84. The Kier molecular flexibility index (Phi) is 6.17. The van der Waals surface area contributed by atoms with Gasteiger partial charge in [0.1, 0.15) is 5.82 Å². The zero-order chi connectivity index (χ0) is 21.9. The minimum absolute atomic E-state index is 0.0713. The second kappa shape index (κ2) is 8.48. The molecule has 0 aromatic carbocycles. The lowest BCUT2D eigenvalue weighted by atomic mass is 10.1. The number of pyridine rings is 1. The van der Waals surface area contributed by atoms with Gasteiger partial charge in [0.25, 0.3) is 6.10 Å². The van der Waals surface area contributed by atoms with E-state index in [1.54, 1.807) is 30.0 Å². The van der Waals surface area contributed by atoms with E-state index in [1.165, 1.54) is 0 Å². The van der Waals surface area contributed by atoms with Crippen LogP contribution in [0.2, 0.25) is 0 Å². The van der Waals surface area contributed by atoms with Gasteiger partial charge in [-0.1, -0.05) is 6.07 Å². The molecular weight excluding hydrogens is 418 g/mol. The Morgan fingerprint density at radius 1 is 0.933 bits per heavy atom. The molecule has 0 atom stereocenters. The molecular formula is C17H18F6N6O. The van der Waals surface area contributed by atoms with Crippen LogP contribution in [0.15, 0.2) is 18.2 Å². The van der Waals surface area contributed by atoms with Crippen LogP contribution in [0, 0.1) is 6.92 Å². The van der Waals surface area contributed by atoms with Crippen molar-refractivity contribution in [3.63, 3.8) is 0 Å². The zero-order valence-electron chi connectivity index (χ0n) is 15.8. The first-order valence-corrected chi connectivity index (χ1v) is 9.04. The first-order chi connectivity index (χ1) is 14.0. The molecule has 3 heterocycles. The summed E-state index contributed by atoms with van der Waals surface area (Å²) >= 11 is 0. The molecule has 2 aromatic heterocycles. The molecule has 1 aliphatic heterocycles. The maximum atomic E-state index is 12.9. The number of nitrogens with one attached hydrogen (secondary N) is 1. The van der Waals surface area contributed by atoms with Crippen LogP contribution in [-0.4, -0.2) is 51.5 Å². The SMILES string of the molecule is Cc1cccc(Nc2nc(OC(C(F)(F)F)C(F)(F)F)nc(N3CCCCC3)n2)n1. The number of aryl methyl sites for hydroxylation is 1. The third-order valence-corrected chi connectivity index (χ3v) is 4.19. The number of hydrogen-bond donors (Lipinski definition) is 1. The summed E-state index contributed by atoms with van der Waals surface area (Å²) in [6.45, 7) is 2.73. The van der Waals surface area contributed by atoms with Crippen molar-refractivity contribution >= 4 is 17.7 Å². The molecule has 0 radical (unpaired) electrons. The first kappa shape index (κ1) is 21.8. The van der Waals surface area contributed by atoms with Crippen LogP contribution in [0.4, 0.5) is 44.1 Å². The monoisotopic (exact) mass is 436 g/mol. The molecule has 0 saturated carbocycles. The third-order valence-electron chi connectivity index (χ3n) is 4.19. The first-order valence-electron chi connectivity index (χ1n) is 9.04. The summed E-state index contributed by atoms with van der Waals surface area (Å²) in [4.78, 5) is 17.2. The van der Waals surface area contributed by atoms with E-state index >= 15 is 0 Å². The topological polar surface area (TPSA) is 76.1 Å². The van der Waals surface area contributed by atoms with Crippen molar-refractivity contribution < 1.29 is 31.1 Å². The summed E-state index contributed by atoms with van der Waals surface area (Å²) in [6.07, 6.45) is -12.9. The maximum absolute atomic E-state index is 12.9. The van der Waals surface area contributed by atoms with E-state index in [1.807, 2.05) is 0 Å². The lowest BCUT2D eigenvalue weighted by Gasteiger charge is -2.27. The van der Waals surface area contributed by atoms with Crippen LogP contribution in [0.25, 0.3) is 0 Å². The number of halogens is 6. The second-order valence-corrected chi connectivity index (χ2v) is 6.66. The fourth-order valence-corrected chi connectivity index (χ4v) is 2.84. The Bertz CT molecular complexity index is 855. The lowest BCUT2D eigenvalue weighted by Crippen LogP contribution is -2.47. The number of anilines is 3. The van der Waals surface area contributed by atoms with Gasteiger partial charge < -0.3 is 15.0 Å².